The molecule has 4 atom stereocenters. The average molecular weight is 436 g/mol. The van der Waals surface area contributed by atoms with Crippen molar-refractivity contribution >= 4 is 46.0 Å². The number of fused-ring (bicyclic) bond motifs is 5. The van der Waals surface area contributed by atoms with E-state index in [1.165, 1.54) is 0 Å². The van der Waals surface area contributed by atoms with Crippen LogP contribution in [0.25, 0.3) is 0 Å². The molecule has 1 saturated carbocycles. The molecule has 0 radical (unpaired) electrons. The molecule has 124 valence electrons. The van der Waals surface area contributed by atoms with Gasteiger partial charge in [0.25, 0.3) is 0 Å². The topological polar surface area (TPSA) is 66.5 Å². The summed E-state index contributed by atoms with van der Waals surface area (Å²) in [5.41, 5.74) is 1.66. The van der Waals surface area contributed by atoms with Gasteiger partial charge in [0.1, 0.15) is 6.54 Å². The lowest BCUT2D eigenvalue weighted by Gasteiger charge is -2.17. The molecule has 2 aliphatic carbocycles. The normalized spacial score (nSPS) is 30.2. The van der Waals surface area contributed by atoms with Gasteiger partial charge in [-0.2, -0.15) is 0 Å². The second kappa shape index (κ2) is 5.68. The van der Waals surface area contributed by atoms with Crippen molar-refractivity contribution in [3.63, 3.8) is 0 Å². The molecule has 0 aromatic heterocycles. The molecule has 4 unspecified atom stereocenters. The number of likely N-dealkylation sites (tertiary alicyclic amines) is 1. The first-order valence-electron chi connectivity index (χ1n) is 8.05. The molecule has 1 saturated heterocycles. The van der Waals surface area contributed by atoms with Gasteiger partial charge in [0, 0.05) is 9.26 Å². The number of aryl methyl sites for hydroxylation is 1. The van der Waals surface area contributed by atoms with Crippen molar-refractivity contribution in [2.45, 2.75) is 13.3 Å². The van der Waals surface area contributed by atoms with Crippen LogP contribution in [0.2, 0.25) is 0 Å². The van der Waals surface area contributed by atoms with E-state index in [-0.39, 0.29) is 47.9 Å². The van der Waals surface area contributed by atoms with Gasteiger partial charge in [-0.25, -0.2) is 0 Å². The maximum atomic E-state index is 12.6. The number of nitrogens with zero attached hydrogens (tertiary/aromatic N) is 1. The molecule has 4 rings (SSSR count). The Labute approximate surface area is 153 Å². The summed E-state index contributed by atoms with van der Waals surface area (Å²) in [5.74, 6) is -0.861. The van der Waals surface area contributed by atoms with E-state index in [2.05, 4.69) is 40.1 Å². The van der Waals surface area contributed by atoms with Crippen LogP contribution in [-0.4, -0.2) is 29.2 Å². The fourth-order valence-corrected chi connectivity index (χ4v) is 4.87. The number of allylic oxidation sites excluding steroid dienone is 2. The Morgan fingerprint density at radius 2 is 1.83 bits per heavy atom. The van der Waals surface area contributed by atoms with E-state index in [0.717, 1.165) is 20.5 Å². The third kappa shape index (κ3) is 2.39. The molecule has 1 N–H and O–H groups in total. The Hall–Kier alpha value is -1.70. The zero-order valence-corrected chi connectivity index (χ0v) is 15.3. The highest BCUT2D eigenvalue weighted by Crippen LogP contribution is 2.52. The van der Waals surface area contributed by atoms with Crippen LogP contribution in [-0.2, 0) is 14.4 Å². The van der Waals surface area contributed by atoms with E-state index in [9.17, 15) is 14.4 Å². The molecule has 1 aliphatic heterocycles. The van der Waals surface area contributed by atoms with Crippen molar-refractivity contribution in [1.82, 2.24) is 4.90 Å². The second-order valence-electron chi connectivity index (χ2n) is 6.77. The van der Waals surface area contributed by atoms with Crippen LogP contribution in [0.5, 0.6) is 0 Å². The summed E-state index contributed by atoms with van der Waals surface area (Å²) in [5, 5.41) is 2.81. The minimum absolute atomic E-state index is 0.169. The number of imide groups is 1. The van der Waals surface area contributed by atoms with Crippen molar-refractivity contribution in [3.05, 3.63) is 39.5 Å². The van der Waals surface area contributed by atoms with Gasteiger partial charge in [0.05, 0.1) is 11.8 Å². The van der Waals surface area contributed by atoms with Crippen LogP contribution >= 0.6 is 22.6 Å². The highest BCUT2D eigenvalue weighted by Gasteiger charge is 2.59. The minimum Gasteiger partial charge on any atom is -0.324 e. The van der Waals surface area contributed by atoms with E-state index in [0.29, 0.717) is 5.69 Å². The van der Waals surface area contributed by atoms with Gasteiger partial charge >= 0.3 is 0 Å². The number of amides is 3. The van der Waals surface area contributed by atoms with E-state index < -0.39 is 0 Å². The molecular formula is C18H17IN2O3. The quantitative estimate of drug-likeness (QED) is 0.450. The Morgan fingerprint density at radius 3 is 2.42 bits per heavy atom. The number of benzene rings is 1. The fourth-order valence-electron chi connectivity index (χ4n) is 4.22. The number of carbonyl (C=O) groups excluding carboxylic acids is 3. The van der Waals surface area contributed by atoms with Gasteiger partial charge in [-0.15, -0.1) is 0 Å². The highest BCUT2D eigenvalue weighted by molar-refractivity contribution is 14.1. The first-order valence-corrected chi connectivity index (χ1v) is 9.13. The van der Waals surface area contributed by atoms with Gasteiger partial charge in [-0.1, -0.05) is 12.2 Å². The SMILES string of the molecule is Cc1cc(I)ccc1NC(=O)CN1C(=O)C2C3C=CC(C3)C2C1=O. The van der Waals surface area contributed by atoms with Crippen LogP contribution in [0.15, 0.2) is 30.4 Å². The summed E-state index contributed by atoms with van der Waals surface area (Å²) < 4.78 is 1.09. The second-order valence-corrected chi connectivity index (χ2v) is 8.02. The monoisotopic (exact) mass is 436 g/mol. The molecular weight excluding hydrogens is 419 g/mol. The van der Waals surface area contributed by atoms with Crippen molar-refractivity contribution in [2.75, 3.05) is 11.9 Å². The van der Waals surface area contributed by atoms with Crippen molar-refractivity contribution in [1.29, 1.82) is 0 Å². The van der Waals surface area contributed by atoms with Crippen molar-refractivity contribution in [3.8, 4) is 0 Å². The number of carbonyl (C=O) groups is 3. The maximum Gasteiger partial charge on any atom is 0.244 e. The van der Waals surface area contributed by atoms with Crippen LogP contribution in [0.4, 0.5) is 5.69 Å². The summed E-state index contributed by atoms with van der Waals surface area (Å²) in [7, 11) is 0. The Bertz CT molecular complexity index is 758. The number of hydrogen-bond acceptors (Lipinski definition) is 3. The smallest absolute Gasteiger partial charge is 0.244 e. The van der Waals surface area contributed by atoms with Gasteiger partial charge in [-0.05, 0) is 71.5 Å². The van der Waals surface area contributed by atoms with Crippen molar-refractivity contribution in [2.24, 2.45) is 23.7 Å². The largest absolute Gasteiger partial charge is 0.324 e. The molecule has 5 nitrogen and oxygen atoms in total. The Balaban J connectivity index is 1.47. The number of rotatable bonds is 3. The minimum atomic E-state index is -0.332. The van der Waals surface area contributed by atoms with Gasteiger partial charge in [0.15, 0.2) is 0 Å². The third-order valence-corrected chi connectivity index (χ3v) is 6.00. The highest BCUT2D eigenvalue weighted by atomic mass is 127. The lowest BCUT2D eigenvalue weighted by atomic mass is 9.85. The Morgan fingerprint density at radius 1 is 1.21 bits per heavy atom. The van der Waals surface area contributed by atoms with Gasteiger partial charge in [0.2, 0.25) is 17.7 Å². The average Bonchev–Trinajstić information content (AvgIpc) is 3.20. The molecule has 6 heteroatoms. The molecule has 1 aromatic carbocycles. The summed E-state index contributed by atoms with van der Waals surface area (Å²) in [4.78, 5) is 38.6. The van der Waals surface area contributed by atoms with Crippen LogP contribution in [0.1, 0.15) is 12.0 Å². The maximum absolute atomic E-state index is 12.6. The first kappa shape index (κ1) is 15.8. The Kier molecular flexibility index (Phi) is 3.74. The van der Waals surface area contributed by atoms with E-state index in [1.807, 2.05) is 25.1 Å². The predicted molar refractivity (Wildman–Crippen MR) is 97.0 cm³/mol. The summed E-state index contributed by atoms with van der Waals surface area (Å²) in [6, 6.07) is 5.71. The lowest BCUT2D eigenvalue weighted by molar-refractivity contribution is -0.143. The molecule has 3 aliphatic rings. The zero-order valence-electron chi connectivity index (χ0n) is 13.2. The number of hydrogen-bond donors (Lipinski definition) is 1. The van der Waals surface area contributed by atoms with Gasteiger partial charge < -0.3 is 5.32 Å². The summed E-state index contributed by atoms with van der Waals surface area (Å²) in [6.07, 6.45) is 5.00. The zero-order chi connectivity index (χ0) is 17.0. The fraction of sp³-hybridized carbons (Fsp3) is 0.389. The molecule has 1 heterocycles. The number of halogens is 1. The number of nitrogens with one attached hydrogen (secondary N) is 1. The lowest BCUT2D eigenvalue weighted by Crippen LogP contribution is -2.39. The predicted octanol–water partition coefficient (Wildman–Crippen LogP) is 2.35. The molecule has 2 fully saturated rings. The van der Waals surface area contributed by atoms with E-state index in [1.54, 1.807) is 0 Å². The summed E-state index contributed by atoms with van der Waals surface area (Å²) in [6.45, 7) is 1.72. The molecule has 0 spiro atoms. The summed E-state index contributed by atoms with van der Waals surface area (Å²) >= 11 is 2.21. The number of anilines is 1. The third-order valence-electron chi connectivity index (χ3n) is 5.33. The molecule has 3 amide bonds. The molecule has 24 heavy (non-hydrogen) atoms. The van der Waals surface area contributed by atoms with Crippen molar-refractivity contribution < 1.29 is 14.4 Å². The van der Waals surface area contributed by atoms with Gasteiger partial charge in [-0.3, -0.25) is 19.3 Å². The van der Waals surface area contributed by atoms with Crippen LogP contribution in [0.3, 0.4) is 0 Å². The van der Waals surface area contributed by atoms with E-state index >= 15 is 0 Å². The van der Waals surface area contributed by atoms with E-state index in [4.69, 9.17) is 0 Å². The van der Waals surface area contributed by atoms with Crippen LogP contribution in [0, 0.1) is 34.2 Å². The molecule has 2 bridgehead atoms. The van der Waals surface area contributed by atoms with Crippen LogP contribution < -0.4 is 5.32 Å². The molecule has 1 aromatic rings. The first-order chi connectivity index (χ1) is 11.5. The standard InChI is InChI=1S/C18H17IN2O3/c1-9-6-12(19)4-5-13(9)20-14(22)8-21-17(23)15-10-2-3-11(7-10)16(15)18(21)24/h2-6,10-11,15-16H,7-8H2,1H3,(H,20,22).